The van der Waals surface area contributed by atoms with Gasteiger partial charge in [0.15, 0.2) is 0 Å². The second-order valence-corrected chi connectivity index (χ2v) is 7.00. The first-order valence-corrected chi connectivity index (χ1v) is 9.68. The number of nitrogens with zero attached hydrogens (tertiary/aromatic N) is 3. The van der Waals surface area contributed by atoms with E-state index in [1.165, 1.54) is 0 Å². The molecule has 2 atom stereocenters. The zero-order chi connectivity index (χ0) is 20.3. The topological polar surface area (TPSA) is 80.4 Å². The molecule has 0 spiro atoms. The van der Waals surface area contributed by atoms with E-state index in [1.54, 1.807) is 12.1 Å². The van der Waals surface area contributed by atoms with E-state index < -0.39 is 6.04 Å². The molecule has 3 aromatic carbocycles. The highest BCUT2D eigenvalue weighted by Crippen LogP contribution is 2.37. The van der Waals surface area contributed by atoms with Gasteiger partial charge in [0.1, 0.15) is 11.8 Å². The van der Waals surface area contributed by atoms with Crippen molar-refractivity contribution >= 4 is 11.5 Å². The summed E-state index contributed by atoms with van der Waals surface area (Å²) < 4.78 is 5.97. The van der Waals surface area contributed by atoms with Crippen molar-refractivity contribution in [2.24, 2.45) is 5.10 Å². The molecule has 1 aromatic heterocycles. The van der Waals surface area contributed by atoms with E-state index in [4.69, 9.17) is 4.42 Å². The minimum atomic E-state index is -0.431. The van der Waals surface area contributed by atoms with Crippen LogP contribution in [0.5, 0.6) is 0 Å². The van der Waals surface area contributed by atoms with E-state index in [2.05, 4.69) is 20.7 Å². The molecule has 0 bridgehead atoms. The van der Waals surface area contributed by atoms with Gasteiger partial charge in [-0.3, -0.25) is 10.2 Å². The normalized spacial score (nSPS) is 17.9. The molecule has 1 N–H and O–H groups in total. The van der Waals surface area contributed by atoms with Crippen molar-refractivity contribution in [3.63, 3.8) is 0 Å². The fourth-order valence-corrected chi connectivity index (χ4v) is 3.64. The van der Waals surface area contributed by atoms with Crippen molar-refractivity contribution in [1.82, 2.24) is 15.6 Å². The summed E-state index contributed by atoms with van der Waals surface area (Å²) in [6.45, 7) is 0. The number of hydrogen-bond acceptors (Lipinski definition) is 6. The van der Waals surface area contributed by atoms with Crippen LogP contribution in [0, 0.1) is 0 Å². The predicted molar refractivity (Wildman–Crippen MR) is 113 cm³/mol. The van der Waals surface area contributed by atoms with Gasteiger partial charge >= 0.3 is 0 Å². The van der Waals surface area contributed by atoms with Crippen molar-refractivity contribution < 1.29 is 9.21 Å². The summed E-state index contributed by atoms with van der Waals surface area (Å²) in [5, 5.41) is 12.8. The highest BCUT2D eigenvalue weighted by atomic mass is 16.4. The average Bonchev–Trinajstić information content (AvgIpc) is 3.48. The van der Waals surface area contributed by atoms with Crippen LogP contribution in [0.4, 0.5) is 0 Å². The first-order chi connectivity index (χ1) is 14.8. The van der Waals surface area contributed by atoms with E-state index in [9.17, 15) is 4.79 Å². The minimum Gasteiger partial charge on any atom is -0.418 e. The molecular weight excluding hydrogens is 376 g/mol. The molecule has 6 nitrogen and oxygen atoms in total. The number of carbonyl (C=O) groups excluding carboxylic acids is 1. The van der Waals surface area contributed by atoms with Crippen LogP contribution in [0.2, 0.25) is 0 Å². The van der Waals surface area contributed by atoms with Gasteiger partial charge in [-0.1, -0.05) is 78.9 Å². The van der Waals surface area contributed by atoms with Gasteiger partial charge in [0.2, 0.25) is 17.6 Å². The van der Waals surface area contributed by atoms with Gasteiger partial charge in [0.25, 0.3) is 0 Å². The maximum Gasteiger partial charge on any atom is 0.247 e. The standard InChI is InChI=1S/C24H18N4O2/c29-22(17-12-6-2-7-13-17)20-19(16-10-4-1-5-11-16)21(26-25-20)24-28-27-23(30-24)18-14-8-3-9-15-18/h1-15,19,21,26H. The van der Waals surface area contributed by atoms with Gasteiger partial charge in [-0.05, 0) is 17.7 Å². The smallest absolute Gasteiger partial charge is 0.247 e. The predicted octanol–water partition coefficient (Wildman–Crippen LogP) is 4.40. The van der Waals surface area contributed by atoms with Crippen molar-refractivity contribution in [3.05, 3.63) is 108 Å². The molecule has 1 aliphatic heterocycles. The first kappa shape index (κ1) is 18.0. The Balaban J connectivity index is 1.52. The number of benzene rings is 3. The third kappa shape index (κ3) is 3.28. The Labute approximate surface area is 173 Å². The highest BCUT2D eigenvalue weighted by Gasteiger charge is 2.41. The molecule has 0 saturated heterocycles. The van der Waals surface area contributed by atoms with Crippen LogP contribution >= 0.6 is 0 Å². The Kier molecular flexibility index (Phi) is 4.65. The lowest BCUT2D eigenvalue weighted by Gasteiger charge is -2.18. The van der Waals surface area contributed by atoms with Gasteiger partial charge in [-0.25, -0.2) is 0 Å². The fraction of sp³-hybridized carbons (Fsp3) is 0.0833. The Bertz CT molecular complexity index is 1190. The van der Waals surface area contributed by atoms with Crippen LogP contribution in [0.1, 0.15) is 33.8 Å². The van der Waals surface area contributed by atoms with Crippen molar-refractivity contribution in [1.29, 1.82) is 0 Å². The average molecular weight is 394 g/mol. The summed E-state index contributed by atoms with van der Waals surface area (Å²) in [7, 11) is 0. The van der Waals surface area contributed by atoms with E-state index in [0.717, 1.165) is 11.1 Å². The highest BCUT2D eigenvalue weighted by molar-refractivity contribution is 6.48. The number of Topliss-reactive ketones (excluding diaryl/α,β-unsaturated/α-hetero) is 1. The Morgan fingerprint density at radius 2 is 1.43 bits per heavy atom. The molecule has 146 valence electrons. The van der Waals surface area contributed by atoms with Crippen molar-refractivity contribution in [2.45, 2.75) is 12.0 Å². The van der Waals surface area contributed by atoms with Crippen LogP contribution in [0.3, 0.4) is 0 Å². The second-order valence-electron chi connectivity index (χ2n) is 7.00. The first-order valence-electron chi connectivity index (χ1n) is 9.68. The second kappa shape index (κ2) is 7.75. The molecule has 5 rings (SSSR count). The third-order valence-corrected chi connectivity index (χ3v) is 5.11. The maximum absolute atomic E-state index is 13.2. The fourth-order valence-electron chi connectivity index (χ4n) is 3.64. The van der Waals surface area contributed by atoms with Gasteiger partial charge < -0.3 is 4.42 Å². The molecule has 30 heavy (non-hydrogen) atoms. The molecule has 6 heteroatoms. The molecule has 0 fully saturated rings. The maximum atomic E-state index is 13.2. The van der Waals surface area contributed by atoms with Crippen LogP contribution < -0.4 is 5.43 Å². The van der Waals surface area contributed by atoms with Crippen LogP contribution in [-0.2, 0) is 0 Å². The van der Waals surface area contributed by atoms with Crippen LogP contribution in [0.15, 0.2) is 101 Å². The summed E-state index contributed by atoms with van der Waals surface area (Å²) in [6.07, 6.45) is 0. The zero-order valence-electron chi connectivity index (χ0n) is 16.0. The number of nitrogens with one attached hydrogen (secondary N) is 1. The zero-order valence-corrected chi connectivity index (χ0v) is 16.0. The molecule has 0 aliphatic carbocycles. The van der Waals surface area contributed by atoms with Gasteiger partial charge in [0.05, 0.1) is 5.92 Å². The van der Waals surface area contributed by atoms with E-state index in [-0.39, 0.29) is 11.7 Å². The number of ketones is 1. The summed E-state index contributed by atoms with van der Waals surface area (Å²) >= 11 is 0. The van der Waals surface area contributed by atoms with Crippen molar-refractivity contribution in [2.75, 3.05) is 0 Å². The lowest BCUT2D eigenvalue weighted by Crippen LogP contribution is -2.25. The van der Waals surface area contributed by atoms with Crippen LogP contribution in [-0.4, -0.2) is 21.7 Å². The number of carbonyl (C=O) groups is 1. The summed E-state index contributed by atoms with van der Waals surface area (Å²) in [4.78, 5) is 13.2. The molecular formula is C24H18N4O2. The molecule has 4 aromatic rings. The lowest BCUT2D eigenvalue weighted by atomic mass is 9.85. The summed E-state index contributed by atoms with van der Waals surface area (Å²) in [6, 6.07) is 28.1. The van der Waals surface area contributed by atoms with E-state index in [0.29, 0.717) is 23.1 Å². The third-order valence-electron chi connectivity index (χ3n) is 5.11. The molecule has 0 amide bonds. The Morgan fingerprint density at radius 3 is 2.13 bits per heavy atom. The molecule has 2 heterocycles. The van der Waals surface area contributed by atoms with Crippen LogP contribution in [0.25, 0.3) is 11.5 Å². The largest absolute Gasteiger partial charge is 0.418 e. The SMILES string of the molecule is O=C(C1=NNC(c2nnc(-c3ccccc3)o2)C1c1ccccc1)c1ccccc1. The van der Waals surface area contributed by atoms with Crippen molar-refractivity contribution in [3.8, 4) is 11.5 Å². The monoisotopic (exact) mass is 394 g/mol. The molecule has 0 radical (unpaired) electrons. The lowest BCUT2D eigenvalue weighted by molar-refractivity contribution is 0.106. The molecule has 1 aliphatic rings. The number of hydrogen-bond donors (Lipinski definition) is 1. The summed E-state index contributed by atoms with van der Waals surface area (Å²) in [5.74, 6) is 0.356. The van der Waals surface area contributed by atoms with E-state index >= 15 is 0 Å². The van der Waals surface area contributed by atoms with Gasteiger partial charge in [0, 0.05) is 11.1 Å². The quantitative estimate of drug-likeness (QED) is 0.507. The number of aromatic nitrogens is 2. The summed E-state index contributed by atoms with van der Waals surface area (Å²) in [5.41, 5.74) is 5.87. The van der Waals surface area contributed by atoms with Gasteiger partial charge in [-0.2, -0.15) is 5.10 Å². The number of hydrazone groups is 1. The molecule has 0 saturated carbocycles. The molecule has 2 unspecified atom stereocenters. The Morgan fingerprint density at radius 1 is 0.800 bits per heavy atom. The van der Waals surface area contributed by atoms with Gasteiger partial charge in [-0.15, -0.1) is 10.2 Å². The number of rotatable bonds is 5. The Hall–Kier alpha value is -4.06. The van der Waals surface area contributed by atoms with E-state index in [1.807, 2.05) is 78.9 Å². The minimum absolute atomic E-state index is 0.123.